The van der Waals surface area contributed by atoms with Gasteiger partial charge >= 0.3 is 0 Å². The van der Waals surface area contributed by atoms with Crippen LogP contribution in [0.5, 0.6) is 0 Å². The van der Waals surface area contributed by atoms with Gasteiger partial charge in [0, 0.05) is 13.2 Å². The lowest BCUT2D eigenvalue weighted by Gasteiger charge is -2.22. The summed E-state index contributed by atoms with van der Waals surface area (Å²) in [6, 6.07) is 0. The highest BCUT2D eigenvalue weighted by Gasteiger charge is 2.13. The number of hydrogen-bond donors (Lipinski definition) is 2. The van der Waals surface area contributed by atoms with Crippen LogP contribution >= 0.6 is 0 Å². The summed E-state index contributed by atoms with van der Waals surface area (Å²) < 4.78 is 5.59. The molecule has 0 aromatic heterocycles. The van der Waals surface area contributed by atoms with E-state index in [2.05, 4.69) is 17.6 Å². The first-order chi connectivity index (χ1) is 7.83. The van der Waals surface area contributed by atoms with Gasteiger partial charge < -0.3 is 15.4 Å². The molecule has 1 aliphatic heterocycles. The van der Waals surface area contributed by atoms with Crippen molar-refractivity contribution in [2.24, 2.45) is 0 Å². The second-order valence-corrected chi connectivity index (χ2v) is 4.30. The van der Waals surface area contributed by atoms with E-state index in [0.717, 1.165) is 39.0 Å². The van der Waals surface area contributed by atoms with E-state index in [1.165, 1.54) is 12.8 Å². The van der Waals surface area contributed by atoms with E-state index in [4.69, 9.17) is 4.74 Å². The molecule has 0 saturated carbocycles. The topological polar surface area (TPSA) is 50.4 Å². The summed E-state index contributed by atoms with van der Waals surface area (Å²) >= 11 is 0. The summed E-state index contributed by atoms with van der Waals surface area (Å²) in [7, 11) is 0. The molecule has 0 spiro atoms. The fourth-order valence-corrected chi connectivity index (χ4v) is 1.85. The molecule has 94 valence electrons. The lowest BCUT2D eigenvalue weighted by Crippen LogP contribution is -2.36. The number of nitrogens with one attached hydrogen (secondary N) is 2. The average Bonchev–Trinajstić information content (AvgIpc) is 2.31. The van der Waals surface area contributed by atoms with Crippen molar-refractivity contribution in [1.29, 1.82) is 0 Å². The van der Waals surface area contributed by atoms with Crippen molar-refractivity contribution in [3.05, 3.63) is 0 Å². The molecule has 1 heterocycles. The van der Waals surface area contributed by atoms with Crippen molar-refractivity contribution in [3.63, 3.8) is 0 Å². The first kappa shape index (κ1) is 13.5. The van der Waals surface area contributed by atoms with Gasteiger partial charge in [0.2, 0.25) is 5.91 Å². The van der Waals surface area contributed by atoms with Crippen LogP contribution in [0.4, 0.5) is 0 Å². The molecule has 4 nitrogen and oxygen atoms in total. The van der Waals surface area contributed by atoms with Crippen molar-refractivity contribution in [2.45, 2.75) is 45.1 Å². The number of carbonyl (C=O) groups is 1. The van der Waals surface area contributed by atoms with E-state index < -0.39 is 0 Å². The zero-order valence-electron chi connectivity index (χ0n) is 10.3. The van der Waals surface area contributed by atoms with Crippen LogP contribution in [-0.2, 0) is 9.53 Å². The number of rotatable bonds is 7. The molecule has 1 saturated heterocycles. The Morgan fingerprint density at radius 1 is 1.38 bits per heavy atom. The minimum absolute atomic E-state index is 0.0873. The van der Waals surface area contributed by atoms with Gasteiger partial charge in [-0.15, -0.1) is 0 Å². The van der Waals surface area contributed by atoms with E-state index in [9.17, 15) is 4.79 Å². The van der Waals surface area contributed by atoms with Crippen molar-refractivity contribution in [3.8, 4) is 0 Å². The molecule has 1 atom stereocenters. The third-order valence-corrected chi connectivity index (χ3v) is 2.77. The summed E-state index contributed by atoms with van der Waals surface area (Å²) in [5.74, 6) is 0.0873. The lowest BCUT2D eigenvalue weighted by atomic mass is 10.1. The largest absolute Gasteiger partial charge is 0.378 e. The molecule has 1 amide bonds. The number of ether oxygens (including phenoxy) is 1. The SMILES string of the molecule is CCCNCC(=O)NCCC1CCCCO1. The van der Waals surface area contributed by atoms with E-state index in [-0.39, 0.29) is 5.91 Å². The Balaban J connectivity index is 1.94. The highest BCUT2D eigenvalue weighted by atomic mass is 16.5. The predicted molar refractivity (Wildman–Crippen MR) is 64.4 cm³/mol. The third-order valence-electron chi connectivity index (χ3n) is 2.77. The first-order valence-electron chi connectivity index (χ1n) is 6.42. The fourth-order valence-electron chi connectivity index (χ4n) is 1.85. The van der Waals surface area contributed by atoms with Gasteiger partial charge in [0.15, 0.2) is 0 Å². The molecule has 0 radical (unpaired) electrons. The molecule has 0 aromatic carbocycles. The van der Waals surface area contributed by atoms with Crippen molar-refractivity contribution in [2.75, 3.05) is 26.2 Å². The Morgan fingerprint density at radius 2 is 2.25 bits per heavy atom. The van der Waals surface area contributed by atoms with Gasteiger partial charge in [-0.3, -0.25) is 4.79 Å². The smallest absolute Gasteiger partial charge is 0.233 e. The Hall–Kier alpha value is -0.610. The molecular formula is C12H24N2O2. The van der Waals surface area contributed by atoms with Gasteiger partial charge in [-0.25, -0.2) is 0 Å². The fraction of sp³-hybridized carbons (Fsp3) is 0.917. The summed E-state index contributed by atoms with van der Waals surface area (Å²) in [4.78, 5) is 11.3. The number of hydrogen-bond acceptors (Lipinski definition) is 3. The van der Waals surface area contributed by atoms with Crippen LogP contribution in [0.15, 0.2) is 0 Å². The summed E-state index contributed by atoms with van der Waals surface area (Å²) in [6.45, 7) is 5.04. The molecule has 1 aliphatic rings. The molecule has 0 aliphatic carbocycles. The van der Waals surface area contributed by atoms with Crippen LogP contribution in [-0.4, -0.2) is 38.3 Å². The van der Waals surface area contributed by atoms with E-state index in [1.54, 1.807) is 0 Å². The van der Waals surface area contributed by atoms with Crippen molar-refractivity contribution in [1.82, 2.24) is 10.6 Å². The van der Waals surface area contributed by atoms with E-state index >= 15 is 0 Å². The molecule has 4 heteroatoms. The molecule has 2 N–H and O–H groups in total. The Morgan fingerprint density at radius 3 is 2.94 bits per heavy atom. The molecule has 0 aromatic rings. The van der Waals surface area contributed by atoms with Crippen LogP contribution < -0.4 is 10.6 Å². The quantitative estimate of drug-likeness (QED) is 0.641. The minimum Gasteiger partial charge on any atom is -0.378 e. The number of carbonyl (C=O) groups excluding carboxylic acids is 1. The zero-order valence-corrected chi connectivity index (χ0v) is 10.3. The van der Waals surface area contributed by atoms with Gasteiger partial charge in [-0.1, -0.05) is 6.92 Å². The molecular weight excluding hydrogens is 204 g/mol. The molecule has 16 heavy (non-hydrogen) atoms. The normalized spacial score (nSPS) is 20.7. The highest BCUT2D eigenvalue weighted by Crippen LogP contribution is 2.14. The van der Waals surface area contributed by atoms with Crippen LogP contribution in [0.3, 0.4) is 0 Å². The Bertz CT molecular complexity index is 191. The maximum Gasteiger partial charge on any atom is 0.233 e. The van der Waals surface area contributed by atoms with Gasteiger partial charge in [-0.2, -0.15) is 0 Å². The van der Waals surface area contributed by atoms with Crippen LogP contribution in [0.25, 0.3) is 0 Å². The number of amides is 1. The highest BCUT2D eigenvalue weighted by molar-refractivity contribution is 5.77. The van der Waals surface area contributed by atoms with Crippen LogP contribution in [0, 0.1) is 0 Å². The van der Waals surface area contributed by atoms with E-state index in [1.807, 2.05) is 0 Å². The lowest BCUT2D eigenvalue weighted by molar-refractivity contribution is -0.120. The Labute approximate surface area is 98.1 Å². The van der Waals surface area contributed by atoms with E-state index in [0.29, 0.717) is 12.6 Å². The van der Waals surface area contributed by atoms with Gasteiger partial charge in [0.05, 0.1) is 12.6 Å². The first-order valence-corrected chi connectivity index (χ1v) is 6.42. The van der Waals surface area contributed by atoms with Crippen molar-refractivity contribution >= 4 is 5.91 Å². The maximum absolute atomic E-state index is 11.3. The van der Waals surface area contributed by atoms with Gasteiger partial charge in [0.1, 0.15) is 0 Å². The van der Waals surface area contributed by atoms with Crippen molar-refractivity contribution < 1.29 is 9.53 Å². The molecule has 0 bridgehead atoms. The van der Waals surface area contributed by atoms with Gasteiger partial charge in [-0.05, 0) is 38.6 Å². The van der Waals surface area contributed by atoms with Crippen LogP contribution in [0.2, 0.25) is 0 Å². The summed E-state index contributed by atoms with van der Waals surface area (Å²) in [5.41, 5.74) is 0. The molecule has 1 fully saturated rings. The second kappa shape index (κ2) is 8.53. The standard InChI is InChI=1S/C12H24N2O2/c1-2-7-13-10-12(15)14-8-6-11-5-3-4-9-16-11/h11,13H,2-10H2,1H3,(H,14,15). The monoisotopic (exact) mass is 228 g/mol. The summed E-state index contributed by atoms with van der Waals surface area (Å²) in [6.07, 6.45) is 5.95. The molecule has 1 unspecified atom stereocenters. The molecule has 1 rings (SSSR count). The maximum atomic E-state index is 11.3. The zero-order chi connectivity index (χ0) is 11.6. The second-order valence-electron chi connectivity index (χ2n) is 4.30. The predicted octanol–water partition coefficient (Wildman–Crippen LogP) is 1.06. The van der Waals surface area contributed by atoms with Crippen LogP contribution in [0.1, 0.15) is 39.0 Å². The van der Waals surface area contributed by atoms with Gasteiger partial charge in [0.25, 0.3) is 0 Å². The third kappa shape index (κ3) is 6.08. The minimum atomic E-state index is 0.0873. The Kier molecular flexibility index (Phi) is 7.17. The average molecular weight is 228 g/mol. The summed E-state index contributed by atoms with van der Waals surface area (Å²) in [5, 5.41) is 5.99.